The van der Waals surface area contributed by atoms with Crippen LogP contribution < -0.4 is 15.0 Å². The molecular weight excluding hydrogens is 414 g/mol. The number of amides is 2. The summed E-state index contributed by atoms with van der Waals surface area (Å²) < 4.78 is 38.7. The fourth-order valence-corrected chi connectivity index (χ4v) is 5.01. The molecule has 30 heavy (non-hydrogen) atoms. The molecule has 0 unspecified atom stereocenters. The van der Waals surface area contributed by atoms with Crippen molar-refractivity contribution in [2.24, 2.45) is 0 Å². The van der Waals surface area contributed by atoms with Gasteiger partial charge in [-0.15, -0.1) is 0 Å². The number of hydrogen-bond acceptors (Lipinski definition) is 6. The van der Waals surface area contributed by atoms with E-state index in [0.29, 0.717) is 42.5 Å². The molecule has 2 aliphatic rings. The van der Waals surface area contributed by atoms with Crippen molar-refractivity contribution >= 4 is 38.4 Å². The summed E-state index contributed by atoms with van der Waals surface area (Å²) in [6, 6.07) is 3.35. The van der Waals surface area contributed by atoms with Crippen molar-refractivity contribution in [2.75, 3.05) is 50.7 Å². The number of thiazole rings is 1. The first kappa shape index (κ1) is 21.0. The second-order valence-corrected chi connectivity index (χ2v) is 8.71. The maximum atomic E-state index is 13.4. The zero-order valence-corrected chi connectivity index (χ0v) is 17.9. The molecular formula is C20H26F2N4O3S. The number of nitrogens with one attached hydrogen (secondary N) is 1. The quantitative estimate of drug-likeness (QED) is 0.773. The number of urea groups is 1. The summed E-state index contributed by atoms with van der Waals surface area (Å²) >= 11 is 1.39. The highest BCUT2D eigenvalue weighted by Crippen LogP contribution is 2.40. The molecule has 0 atom stereocenters. The number of methoxy groups -OCH3 is 1. The SMILES string of the molecule is COc1ccc(N2CCOCC2)c2sc(NC(=O)N(C)C3CCC(F)(F)CC3)nc12. The molecule has 1 aromatic carbocycles. The molecule has 2 amide bonds. The monoisotopic (exact) mass is 440 g/mol. The molecule has 0 bridgehead atoms. The van der Waals surface area contributed by atoms with Gasteiger partial charge >= 0.3 is 6.03 Å². The number of carbonyl (C=O) groups excluding carboxylic acids is 1. The number of benzene rings is 1. The van der Waals surface area contributed by atoms with E-state index in [1.165, 1.54) is 16.2 Å². The molecule has 1 saturated carbocycles. The number of hydrogen-bond donors (Lipinski definition) is 1. The van der Waals surface area contributed by atoms with Crippen LogP contribution >= 0.6 is 11.3 Å². The highest BCUT2D eigenvalue weighted by atomic mass is 32.1. The molecule has 1 aromatic heterocycles. The first-order chi connectivity index (χ1) is 14.4. The summed E-state index contributed by atoms with van der Waals surface area (Å²) in [5.74, 6) is -1.98. The molecule has 2 heterocycles. The molecule has 7 nitrogen and oxygen atoms in total. The number of fused-ring (bicyclic) bond motifs is 1. The zero-order valence-electron chi connectivity index (χ0n) is 17.1. The predicted octanol–water partition coefficient (Wildman–Crippen LogP) is 4.18. The van der Waals surface area contributed by atoms with Crippen LogP contribution in [0.4, 0.5) is 24.4 Å². The summed E-state index contributed by atoms with van der Waals surface area (Å²) in [4.78, 5) is 21.1. The number of halogens is 2. The first-order valence-electron chi connectivity index (χ1n) is 10.1. The fourth-order valence-electron chi connectivity index (χ4n) is 4.00. The topological polar surface area (TPSA) is 66.9 Å². The third-order valence-electron chi connectivity index (χ3n) is 5.83. The van der Waals surface area contributed by atoms with Crippen molar-refractivity contribution < 1.29 is 23.0 Å². The molecule has 10 heteroatoms. The van der Waals surface area contributed by atoms with E-state index in [4.69, 9.17) is 9.47 Å². The van der Waals surface area contributed by atoms with E-state index in [0.717, 1.165) is 23.5 Å². The van der Waals surface area contributed by atoms with E-state index in [-0.39, 0.29) is 24.9 Å². The van der Waals surface area contributed by atoms with Gasteiger partial charge in [-0.25, -0.2) is 18.6 Å². The maximum absolute atomic E-state index is 13.4. The van der Waals surface area contributed by atoms with E-state index in [1.807, 2.05) is 12.1 Å². The van der Waals surface area contributed by atoms with Gasteiger partial charge in [-0.1, -0.05) is 11.3 Å². The highest BCUT2D eigenvalue weighted by molar-refractivity contribution is 7.23. The molecule has 1 N–H and O–H groups in total. The number of carbonyl (C=O) groups is 1. The second kappa shape index (κ2) is 8.50. The fraction of sp³-hybridized carbons (Fsp3) is 0.600. The zero-order chi connectivity index (χ0) is 21.3. The molecule has 164 valence electrons. The number of anilines is 2. The standard InChI is InChI=1S/C20H26F2N4O3S/c1-25(13-5-7-20(21,22)8-6-13)19(27)24-18-23-16-15(28-2)4-3-14(17(16)30-18)26-9-11-29-12-10-26/h3-4,13H,5-12H2,1-2H3,(H,23,24,27). The normalized spacial score (nSPS) is 19.7. The number of rotatable bonds is 4. The largest absolute Gasteiger partial charge is 0.494 e. The summed E-state index contributed by atoms with van der Waals surface area (Å²) in [5, 5.41) is 3.30. The molecule has 2 aromatic rings. The molecule has 1 aliphatic carbocycles. The minimum absolute atomic E-state index is 0.184. The van der Waals surface area contributed by atoms with Crippen LogP contribution in [-0.4, -0.2) is 68.3 Å². The molecule has 0 radical (unpaired) electrons. The Labute approximate surface area is 177 Å². The van der Waals surface area contributed by atoms with Gasteiger partial charge in [0.15, 0.2) is 5.13 Å². The van der Waals surface area contributed by atoms with Crippen LogP contribution in [0.1, 0.15) is 25.7 Å². The van der Waals surface area contributed by atoms with Gasteiger partial charge in [0.05, 0.1) is 30.7 Å². The highest BCUT2D eigenvalue weighted by Gasteiger charge is 2.37. The summed E-state index contributed by atoms with van der Waals surface area (Å²) in [5.41, 5.74) is 1.73. The van der Waals surface area contributed by atoms with E-state index in [2.05, 4.69) is 15.2 Å². The van der Waals surface area contributed by atoms with E-state index in [9.17, 15) is 13.6 Å². The van der Waals surface area contributed by atoms with E-state index >= 15 is 0 Å². The average Bonchev–Trinajstić information content (AvgIpc) is 3.16. The minimum Gasteiger partial charge on any atom is -0.494 e. The van der Waals surface area contributed by atoms with Crippen LogP contribution in [0.5, 0.6) is 5.75 Å². The summed E-state index contributed by atoms with van der Waals surface area (Å²) in [6.07, 6.45) is 0.227. The lowest BCUT2D eigenvalue weighted by atomic mass is 9.91. The van der Waals surface area contributed by atoms with Gasteiger partial charge in [0.2, 0.25) is 5.92 Å². The Morgan fingerprint density at radius 1 is 1.33 bits per heavy atom. The van der Waals surface area contributed by atoms with Crippen molar-refractivity contribution in [3.05, 3.63) is 12.1 Å². The van der Waals surface area contributed by atoms with Gasteiger partial charge in [-0.3, -0.25) is 5.32 Å². The average molecular weight is 441 g/mol. The Morgan fingerprint density at radius 2 is 2.03 bits per heavy atom. The lowest BCUT2D eigenvalue weighted by molar-refractivity contribution is -0.0474. The number of aromatic nitrogens is 1. The Kier molecular flexibility index (Phi) is 5.97. The van der Waals surface area contributed by atoms with E-state index in [1.54, 1.807) is 14.2 Å². The third kappa shape index (κ3) is 4.29. The number of morpholine rings is 1. The second-order valence-electron chi connectivity index (χ2n) is 7.71. The van der Waals surface area contributed by atoms with Crippen molar-refractivity contribution in [3.63, 3.8) is 0 Å². The van der Waals surface area contributed by atoms with Crippen LogP contribution in [0.25, 0.3) is 10.2 Å². The van der Waals surface area contributed by atoms with Crippen molar-refractivity contribution in [1.82, 2.24) is 9.88 Å². The maximum Gasteiger partial charge on any atom is 0.323 e. The van der Waals surface area contributed by atoms with Gasteiger partial charge in [0.25, 0.3) is 0 Å². The van der Waals surface area contributed by atoms with Gasteiger partial charge < -0.3 is 19.3 Å². The van der Waals surface area contributed by atoms with Crippen molar-refractivity contribution in [2.45, 2.75) is 37.6 Å². The number of nitrogens with zero attached hydrogens (tertiary/aromatic N) is 3. The Balaban J connectivity index is 1.53. The Hall–Kier alpha value is -2.20. The number of ether oxygens (including phenoxy) is 2. The molecule has 2 fully saturated rings. The van der Waals surface area contributed by atoms with Crippen molar-refractivity contribution in [3.8, 4) is 5.75 Å². The summed E-state index contributed by atoms with van der Waals surface area (Å²) in [7, 11) is 3.24. The van der Waals surface area contributed by atoms with Crippen molar-refractivity contribution in [1.29, 1.82) is 0 Å². The van der Waals surface area contributed by atoms with Crippen LogP contribution in [0.3, 0.4) is 0 Å². The lowest BCUT2D eigenvalue weighted by Gasteiger charge is -2.34. The van der Waals surface area contributed by atoms with Gasteiger partial charge in [0, 0.05) is 39.0 Å². The molecule has 1 saturated heterocycles. The van der Waals surface area contributed by atoms with Crippen LogP contribution in [0, 0.1) is 0 Å². The van der Waals surface area contributed by atoms with Gasteiger partial charge in [-0.05, 0) is 25.0 Å². The third-order valence-corrected chi connectivity index (χ3v) is 6.82. The van der Waals surface area contributed by atoms with Gasteiger partial charge in [0.1, 0.15) is 11.3 Å². The lowest BCUT2D eigenvalue weighted by Crippen LogP contribution is -2.43. The molecule has 4 rings (SSSR count). The molecule has 0 spiro atoms. The van der Waals surface area contributed by atoms with E-state index < -0.39 is 5.92 Å². The Morgan fingerprint density at radius 3 is 2.70 bits per heavy atom. The van der Waals surface area contributed by atoms with Crippen LogP contribution in [0.15, 0.2) is 12.1 Å². The van der Waals surface area contributed by atoms with Crippen LogP contribution in [0.2, 0.25) is 0 Å². The summed E-state index contributed by atoms with van der Waals surface area (Å²) in [6.45, 7) is 2.91. The Bertz CT molecular complexity index is 907. The molecule has 1 aliphatic heterocycles. The smallest absolute Gasteiger partial charge is 0.323 e. The minimum atomic E-state index is -2.62. The number of alkyl halides is 2. The first-order valence-corrected chi connectivity index (χ1v) is 10.9. The predicted molar refractivity (Wildman–Crippen MR) is 113 cm³/mol. The van der Waals surface area contributed by atoms with Crippen LogP contribution in [-0.2, 0) is 4.74 Å². The van der Waals surface area contributed by atoms with Gasteiger partial charge in [-0.2, -0.15) is 0 Å².